The number of nitrogens with zero attached hydrogens (tertiary/aromatic N) is 4. The summed E-state index contributed by atoms with van der Waals surface area (Å²) in [5.41, 5.74) is 2.77. The summed E-state index contributed by atoms with van der Waals surface area (Å²) < 4.78 is 14.7. The first-order valence-electron chi connectivity index (χ1n) is 8.26. The van der Waals surface area contributed by atoms with Crippen molar-refractivity contribution in [2.45, 2.75) is 25.5 Å². The number of aryl methyl sites for hydroxylation is 2. The normalized spacial score (nSPS) is 11.4. The highest BCUT2D eigenvalue weighted by molar-refractivity contribution is 7.99. The topological polar surface area (TPSA) is 72.2 Å². The molecule has 0 aliphatic rings. The number of hydrogen-bond donors (Lipinski definition) is 1. The fourth-order valence-electron chi connectivity index (χ4n) is 2.71. The van der Waals surface area contributed by atoms with Crippen molar-refractivity contribution < 1.29 is 9.18 Å². The molecule has 27 heavy (non-hydrogen) atoms. The predicted octanol–water partition coefficient (Wildman–Crippen LogP) is 3.50. The minimum absolute atomic E-state index is 0.127. The lowest BCUT2D eigenvalue weighted by Crippen LogP contribution is -2.24. The average molecular weight is 401 g/mol. The van der Waals surface area contributed by atoms with E-state index in [9.17, 15) is 9.18 Å². The third-order valence-corrected chi connectivity index (χ3v) is 6.34. The molecule has 138 valence electrons. The standard InChI is InChI=1S/C18H16FN5OS2/c1-10-11(2)27-17-15(10)16-22-23-18(24(16)9-21-17)26-8-14(25)20-7-12-3-5-13(19)6-4-12/h3-6,9H,7-8H2,1-2H3,(H,20,25). The largest absolute Gasteiger partial charge is 0.351 e. The number of amides is 1. The van der Waals surface area contributed by atoms with Crippen molar-refractivity contribution >= 4 is 44.9 Å². The van der Waals surface area contributed by atoms with Gasteiger partial charge in [-0.3, -0.25) is 9.20 Å². The molecule has 1 amide bonds. The lowest BCUT2D eigenvalue weighted by Gasteiger charge is -2.05. The molecule has 3 aromatic heterocycles. The number of halogens is 1. The van der Waals surface area contributed by atoms with Crippen LogP contribution in [0.1, 0.15) is 16.0 Å². The van der Waals surface area contributed by atoms with Gasteiger partial charge in [0.25, 0.3) is 0 Å². The highest BCUT2D eigenvalue weighted by atomic mass is 32.2. The summed E-state index contributed by atoms with van der Waals surface area (Å²) >= 11 is 2.94. The lowest BCUT2D eigenvalue weighted by molar-refractivity contribution is -0.118. The first kappa shape index (κ1) is 17.9. The smallest absolute Gasteiger partial charge is 0.230 e. The van der Waals surface area contributed by atoms with E-state index >= 15 is 0 Å². The molecule has 0 radical (unpaired) electrons. The molecule has 4 aromatic rings. The summed E-state index contributed by atoms with van der Waals surface area (Å²) in [6, 6.07) is 6.05. The van der Waals surface area contributed by atoms with Gasteiger partial charge in [0.1, 0.15) is 17.0 Å². The van der Waals surface area contributed by atoms with Crippen LogP contribution in [-0.4, -0.2) is 31.2 Å². The maximum absolute atomic E-state index is 12.9. The zero-order valence-electron chi connectivity index (χ0n) is 14.7. The van der Waals surface area contributed by atoms with E-state index in [1.165, 1.54) is 28.8 Å². The van der Waals surface area contributed by atoms with E-state index in [4.69, 9.17) is 0 Å². The summed E-state index contributed by atoms with van der Waals surface area (Å²) in [6.45, 7) is 4.48. The first-order valence-corrected chi connectivity index (χ1v) is 10.1. The van der Waals surface area contributed by atoms with Gasteiger partial charge in [-0.1, -0.05) is 23.9 Å². The number of fused-ring (bicyclic) bond motifs is 3. The molecular formula is C18H16FN5OS2. The number of hydrogen-bond acceptors (Lipinski definition) is 6. The Morgan fingerprint density at radius 1 is 1.26 bits per heavy atom. The van der Waals surface area contributed by atoms with Crippen LogP contribution < -0.4 is 5.32 Å². The molecule has 9 heteroatoms. The Balaban J connectivity index is 1.45. The van der Waals surface area contributed by atoms with Crippen molar-refractivity contribution in [3.63, 3.8) is 0 Å². The summed E-state index contributed by atoms with van der Waals surface area (Å²) in [5.74, 6) is -0.211. The van der Waals surface area contributed by atoms with Crippen molar-refractivity contribution in [2.75, 3.05) is 5.75 Å². The maximum atomic E-state index is 12.9. The van der Waals surface area contributed by atoms with E-state index in [0.29, 0.717) is 11.7 Å². The van der Waals surface area contributed by atoms with Gasteiger partial charge in [-0.05, 0) is 37.1 Å². The number of aromatic nitrogens is 4. The van der Waals surface area contributed by atoms with E-state index in [1.54, 1.807) is 29.8 Å². The minimum Gasteiger partial charge on any atom is -0.351 e. The van der Waals surface area contributed by atoms with E-state index in [1.807, 2.05) is 4.40 Å². The molecule has 0 saturated carbocycles. The molecule has 0 saturated heterocycles. The molecule has 0 bridgehead atoms. The molecule has 0 spiro atoms. The van der Waals surface area contributed by atoms with Gasteiger partial charge >= 0.3 is 0 Å². The fourth-order valence-corrected chi connectivity index (χ4v) is 4.43. The Kier molecular flexibility index (Phi) is 4.79. The number of benzene rings is 1. The molecular weight excluding hydrogens is 385 g/mol. The maximum Gasteiger partial charge on any atom is 0.230 e. The van der Waals surface area contributed by atoms with E-state index in [0.717, 1.165) is 27.0 Å². The minimum atomic E-state index is -0.293. The first-order chi connectivity index (χ1) is 13.0. The Labute approximate surface area is 162 Å². The van der Waals surface area contributed by atoms with Crippen molar-refractivity contribution in [3.8, 4) is 0 Å². The van der Waals surface area contributed by atoms with Gasteiger partial charge < -0.3 is 5.32 Å². The van der Waals surface area contributed by atoms with Crippen LogP contribution in [0.25, 0.3) is 15.9 Å². The fraction of sp³-hybridized carbons (Fsp3) is 0.222. The van der Waals surface area contributed by atoms with Crippen LogP contribution in [0.15, 0.2) is 35.7 Å². The Hall–Kier alpha value is -2.52. The van der Waals surface area contributed by atoms with Gasteiger partial charge in [0, 0.05) is 11.4 Å². The Bertz CT molecular complexity index is 1140. The third kappa shape index (κ3) is 3.52. The Morgan fingerprint density at radius 3 is 2.81 bits per heavy atom. The summed E-state index contributed by atoms with van der Waals surface area (Å²) in [4.78, 5) is 18.8. The zero-order chi connectivity index (χ0) is 19.0. The number of rotatable bonds is 5. The lowest BCUT2D eigenvalue weighted by atomic mass is 10.2. The summed E-state index contributed by atoms with van der Waals surface area (Å²) in [5, 5.41) is 13.0. The number of carbonyl (C=O) groups excluding carboxylic acids is 1. The van der Waals surface area contributed by atoms with Gasteiger partial charge in [0.05, 0.1) is 11.1 Å². The predicted molar refractivity (Wildman–Crippen MR) is 105 cm³/mol. The van der Waals surface area contributed by atoms with Crippen LogP contribution in [0.5, 0.6) is 0 Å². The molecule has 3 heterocycles. The zero-order valence-corrected chi connectivity index (χ0v) is 16.3. The summed E-state index contributed by atoms with van der Waals surface area (Å²) in [7, 11) is 0. The highest BCUT2D eigenvalue weighted by Gasteiger charge is 2.16. The molecule has 1 N–H and O–H groups in total. The van der Waals surface area contributed by atoms with Gasteiger partial charge in [0.2, 0.25) is 5.91 Å². The quantitative estimate of drug-likeness (QED) is 0.518. The number of nitrogens with one attached hydrogen (secondary N) is 1. The summed E-state index contributed by atoms with van der Waals surface area (Å²) in [6.07, 6.45) is 1.70. The third-order valence-electron chi connectivity index (χ3n) is 4.28. The number of thioether (sulfide) groups is 1. The van der Waals surface area contributed by atoms with Gasteiger partial charge in [-0.15, -0.1) is 21.5 Å². The molecule has 0 aliphatic heterocycles. The van der Waals surface area contributed by atoms with Crippen molar-refractivity contribution in [1.82, 2.24) is 24.9 Å². The molecule has 6 nitrogen and oxygen atoms in total. The second-order valence-electron chi connectivity index (χ2n) is 6.08. The van der Waals surface area contributed by atoms with Crippen LogP contribution in [-0.2, 0) is 11.3 Å². The van der Waals surface area contributed by atoms with E-state index in [2.05, 4.69) is 34.3 Å². The van der Waals surface area contributed by atoms with E-state index in [-0.39, 0.29) is 17.5 Å². The second-order valence-corrected chi connectivity index (χ2v) is 8.22. The molecule has 0 atom stereocenters. The number of thiophene rings is 1. The van der Waals surface area contributed by atoms with Crippen LogP contribution >= 0.6 is 23.1 Å². The van der Waals surface area contributed by atoms with Gasteiger partial charge in [-0.2, -0.15) is 0 Å². The van der Waals surface area contributed by atoms with Crippen molar-refractivity contribution in [1.29, 1.82) is 0 Å². The van der Waals surface area contributed by atoms with Crippen molar-refractivity contribution in [3.05, 3.63) is 52.4 Å². The molecule has 1 aromatic carbocycles. The monoisotopic (exact) mass is 401 g/mol. The molecule has 0 aliphatic carbocycles. The van der Waals surface area contributed by atoms with Gasteiger partial charge in [-0.25, -0.2) is 9.37 Å². The Morgan fingerprint density at radius 2 is 2.04 bits per heavy atom. The van der Waals surface area contributed by atoms with Crippen LogP contribution in [0, 0.1) is 19.7 Å². The number of carbonyl (C=O) groups is 1. The van der Waals surface area contributed by atoms with Crippen molar-refractivity contribution in [2.24, 2.45) is 0 Å². The molecule has 0 unspecified atom stereocenters. The van der Waals surface area contributed by atoms with Gasteiger partial charge in [0.15, 0.2) is 10.8 Å². The highest BCUT2D eigenvalue weighted by Crippen LogP contribution is 2.32. The molecule has 0 fully saturated rings. The van der Waals surface area contributed by atoms with Crippen LogP contribution in [0.2, 0.25) is 0 Å². The van der Waals surface area contributed by atoms with Crippen LogP contribution in [0.3, 0.4) is 0 Å². The average Bonchev–Trinajstić information content (AvgIpc) is 3.20. The van der Waals surface area contributed by atoms with Crippen LogP contribution in [0.4, 0.5) is 4.39 Å². The molecule has 4 rings (SSSR count). The van der Waals surface area contributed by atoms with E-state index < -0.39 is 0 Å². The SMILES string of the molecule is Cc1sc2ncn3c(SCC(=O)NCc4ccc(F)cc4)nnc3c2c1C. The second kappa shape index (κ2) is 7.24.